The van der Waals surface area contributed by atoms with E-state index in [0.717, 1.165) is 23.3 Å². The molecule has 0 radical (unpaired) electrons. The summed E-state index contributed by atoms with van der Waals surface area (Å²) in [6, 6.07) is 8.58. The minimum absolute atomic E-state index is 0.0883. The van der Waals surface area contributed by atoms with Gasteiger partial charge >= 0.3 is 18.4 Å². The second-order valence-corrected chi connectivity index (χ2v) is 11.7. The molecule has 0 unspecified atom stereocenters. The van der Waals surface area contributed by atoms with E-state index in [2.05, 4.69) is 4.74 Å². The normalized spacial score (nSPS) is 14.8. The molecule has 0 aliphatic carbocycles. The van der Waals surface area contributed by atoms with Gasteiger partial charge in [0, 0.05) is 30.3 Å². The van der Waals surface area contributed by atoms with Crippen LogP contribution in [0.4, 0.5) is 39.9 Å². The molecule has 0 saturated carbocycles. The molecule has 4 aromatic rings. The Morgan fingerprint density at radius 1 is 0.915 bits per heavy atom. The molecule has 1 aromatic heterocycles. The van der Waals surface area contributed by atoms with E-state index in [9.17, 15) is 31.1 Å². The number of amides is 1. The fraction of sp³-hybridized carbons (Fsp3) is 0.333. The number of para-hydroxylation sites is 1. The van der Waals surface area contributed by atoms with E-state index < -0.39 is 64.6 Å². The highest BCUT2D eigenvalue weighted by Crippen LogP contribution is 2.47. The Kier molecular flexibility index (Phi) is 8.63. The zero-order valence-electron chi connectivity index (χ0n) is 25.7. The lowest BCUT2D eigenvalue weighted by molar-refractivity contribution is -0.143. The van der Waals surface area contributed by atoms with Gasteiger partial charge < -0.3 is 10.5 Å². The molecule has 6 nitrogen and oxygen atoms in total. The van der Waals surface area contributed by atoms with Crippen molar-refractivity contribution >= 4 is 6.09 Å². The molecule has 0 spiro atoms. The predicted molar refractivity (Wildman–Crippen MR) is 157 cm³/mol. The predicted octanol–water partition coefficient (Wildman–Crippen LogP) is 8.69. The van der Waals surface area contributed by atoms with Gasteiger partial charge in [0.15, 0.2) is 11.6 Å². The van der Waals surface area contributed by atoms with Crippen LogP contribution in [-0.2, 0) is 43.8 Å². The minimum Gasteiger partial charge on any atom is -0.407 e. The Balaban J connectivity index is 1.71. The molecule has 1 aliphatic rings. The number of hydrogen-bond acceptors (Lipinski definition) is 4. The zero-order valence-corrected chi connectivity index (χ0v) is 25.7. The van der Waals surface area contributed by atoms with Crippen molar-refractivity contribution in [3.8, 4) is 22.7 Å². The van der Waals surface area contributed by atoms with Gasteiger partial charge in [-0.3, -0.25) is 4.90 Å². The number of fused-ring (bicyclic) bond motifs is 1. The van der Waals surface area contributed by atoms with Gasteiger partial charge in [0.25, 0.3) is 0 Å². The topological polar surface area (TPSA) is 73.4 Å². The molecular weight excluding hydrogens is 636 g/mol. The Hall–Kier alpha value is -4.46. The van der Waals surface area contributed by atoms with Gasteiger partial charge in [0.1, 0.15) is 5.82 Å². The van der Waals surface area contributed by atoms with Crippen LogP contribution in [0.15, 0.2) is 48.5 Å². The van der Waals surface area contributed by atoms with Crippen molar-refractivity contribution in [1.29, 1.82) is 0 Å². The molecule has 2 N–H and O–H groups in total. The van der Waals surface area contributed by atoms with Crippen molar-refractivity contribution in [2.75, 3.05) is 0 Å². The van der Waals surface area contributed by atoms with Gasteiger partial charge in [-0.25, -0.2) is 18.3 Å². The van der Waals surface area contributed by atoms with Crippen LogP contribution in [-0.4, -0.2) is 20.8 Å². The number of rotatable bonds is 7. The Morgan fingerprint density at radius 2 is 1.55 bits per heavy atom. The third kappa shape index (κ3) is 6.18. The number of nitrogens with zero attached hydrogens (tertiary/aromatic N) is 3. The van der Waals surface area contributed by atoms with Crippen molar-refractivity contribution in [1.82, 2.24) is 14.7 Å². The summed E-state index contributed by atoms with van der Waals surface area (Å²) in [6.07, 6.45) is -10.3. The number of primary amides is 1. The summed E-state index contributed by atoms with van der Waals surface area (Å²) < 4.78 is 119. The van der Waals surface area contributed by atoms with Crippen LogP contribution >= 0.6 is 0 Å². The summed E-state index contributed by atoms with van der Waals surface area (Å²) in [4.78, 5) is 12.8. The number of aryl methyl sites for hydroxylation is 2. The molecule has 3 aromatic carbocycles. The van der Waals surface area contributed by atoms with Crippen LogP contribution in [0.2, 0.25) is 0 Å². The number of halogens is 8. The van der Waals surface area contributed by atoms with E-state index in [1.54, 1.807) is 18.7 Å². The molecule has 0 bridgehead atoms. The molecule has 0 atom stereocenters. The molecule has 1 aliphatic heterocycles. The number of carbonyl (C=O) groups excluding carboxylic acids is 1. The third-order valence-electron chi connectivity index (χ3n) is 8.47. The van der Waals surface area contributed by atoms with Crippen LogP contribution in [0.3, 0.4) is 0 Å². The summed E-state index contributed by atoms with van der Waals surface area (Å²) in [5.74, 6) is -2.83. The molecule has 0 saturated heterocycles. The molecule has 47 heavy (non-hydrogen) atoms. The largest absolute Gasteiger partial charge is 0.416 e. The van der Waals surface area contributed by atoms with Crippen LogP contribution < -0.4 is 10.5 Å². The molecule has 250 valence electrons. The summed E-state index contributed by atoms with van der Waals surface area (Å²) in [6.45, 7) is 6.67. The monoisotopic (exact) mass is 666 g/mol. The fourth-order valence-electron chi connectivity index (χ4n) is 6.07. The Morgan fingerprint density at radius 3 is 2.11 bits per heavy atom. The fourth-order valence-corrected chi connectivity index (χ4v) is 6.07. The van der Waals surface area contributed by atoms with Crippen molar-refractivity contribution in [3.63, 3.8) is 0 Å². The lowest BCUT2D eigenvalue weighted by atomic mass is 9.97. The van der Waals surface area contributed by atoms with Gasteiger partial charge in [0.2, 0.25) is 0 Å². The van der Waals surface area contributed by atoms with Crippen LogP contribution in [0.1, 0.15) is 66.8 Å². The number of ether oxygens (including phenoxy) is 1. The molecule has 14 heteroatoms. The maximum absolute atomic E-state index is 15.9. The van der Waals surface area contributed by atoms with Gasteiger partial charge in [-0.15, -0.1) is 0 Å². The van der Waals surface area contributed by atoms with Crippen molar-refractivity contribution in [3.05, 3.63) is 99.2 Å². The standard InChI is InChI=1S/C33H30F8N4O2/c1-5-17-8-7-9-18(6-2)27(17)45-28(21-13-25(35)26(14-24(21)34)47-30(42)46)22-16-44(31(3,4)29(22)43-45)15-19-10-11-20(32(36,37)38)12-23(19)33(39,40)41/h7-14H,5-6,15-16H2,1-4H3,(H2,42,46). The zero-order chi connectivity index (χ0) is 34.6. The van der Waals surface area contributed by atoms with E-state index in [1.807, 2.05) is 32.0 Å². The lowest BCUT2D eigenvalue weighted by Gasteiger charge is -2.33. The molecule has 2 heterocycles. The summed E-state index contributed by atoms with van der Waals surface area (Å²) in [5.41, 5.74) is 3.54. The second-order valence-electron chi connectivity index (χ2n) is 11.7. The van der Waals surface area contributed by atoms with Gasteiger partial charge in [-0.1, -0.05) is 38.1 Å². The molecule has 1 amide bonds. The molecule has 5 rings (SSSR count). The average molecular weight is 667 g/mol. The van der Waals surface area contributed by atoms with Crippen LogP contribution in [0, 0.1) is 11.6 Å². The maximum atomic E-state index is 15.9. The highest BCUT2D eigenvalue weighted by atomic mass is 19.4. The second kappa shape index (κ2) is 12.0. The highest BCUT2D eigenvalue weighted by Gasteiger charge is 2.45. The van der Waals surface area contributed by atoms with Crippen molar-refractivity contribution in [2.45, 2.75) is 71.5 Å². The Labute approximate surface area is 264 Å². The summed E-state index contributed by atoms with van der Waals surface area (Å²) in [7, 11) is 0. The Bertz CT molecular complexity index is 1840. The number of aromatic nitrogens is 2. The summed E-state index contributed by atoms with van der Waals surface area (Å²) in [5, 5.41) is 4.87. The number of carbonyl (C=O) groups is 1. The van der Waals surface area contributed by atoms with Crippen molar-refractivity contribution in [2.24, 2.45) is 5.73 Å². The number of nitrogens with two attached hydrogens (primary N) is 1. The SMILES string of the molecule is CCc1cccc(CC)c1-n1nc2c(c1-c1cc(F)c(OC(N)=O)cc1F)CN(Cc1ccc(C(F)(F)F)cc1C(F)(F)F)C2(C)C. The number of benzene rings is 3. The average Bonchev–Trinajstić information content (AvgIpc) is 3.46. The van der Waals surface area contributed by atoms with Gasteiger partial charge in [-0.2, -0.15) is 31.4 Å². The smallest absolute Gasteiger partial charge is 0.407 e. The first-order valence-corrected chi connectivity index (χ1v) is 14.6. The van der Waals surface area contributed by atoms with Crippen molar-refractivity contribution < 1.29 is 44.7 Å². The minimum atomic E-state index is -5.08. The summed E-state index contributed by atoms with van der Waals surface area (Å²) >= 11 is 0. The van der Waals surface area contributed by atoms with Gasteiger partial charge in [0.05, 0.1) is 33.7 Å². The lowest BCUT2D eigenvalue weighted by Crippen LogP contribution is -2.36. The van der Waals surface area contributed by atoms with E-state index in [0.29, 0.717) is 41.9 Å². The number of hydrogen-bond donors (Lipinski definition) is 1. The van der Waals surface area contributed by atoms with E-state index in [1.165, 1.54) is 4.68 Å². The highest BCUT2D eigenvalue weighted by molar-refractivity contribution is 5.73. The van der Waals surface area contributed by atoms with Crippen LogP contribution in [0.25, 0.3) is 16.9 Å². The first kappa shape index (κ1) is 33.9. The maximum Gasteiger partial charge on any atom is 0.416 e. The third-order valence-corrected chi connectivity index (χ3v) is 8.47. The molecule has 0 fully saturated rings. The first-order chi connectivity index (χ1) is 21.9. The van der Waals surface area contributed by atoms with E-state index in [-0.39, 0.29) is 23.9 Å². The van der Waals surface area contributed by atoms with Gasteiger partial charge in [-0.05, 0) is 61.6 Å². The molecular formula is C33H30F8N4O2. The van der Waals surface area contributed by atoms with E-state index >= 15 is 8.78 Å². The first-order valence-electron chi connectivity index (χ1n) is 14.6. The van der Waals surface area contributed by atoms with E-state index in [4.69, 9.17) is 10.8 Å². The van der Waals surface area contributed by atoms with Crippen LogP contribution in [0.5, 0.6) is 5.75 Å². The number of alkyl halides is 6. The quantitative estimate of drug-likeness (QED) is 0.200.